The lowest BCUT2D eigenvalue weighted by atomic mass is 9.80. The van der Waals surface area contributed by atoms with Gasteiger partial charge in [-0.05, 0) is 37.0 Å². The third kappa shape index (κ3) is 2.13. The molecule has 5 nitrogen and oxygen atoms in total. The zero-order chi connectivity index (χ0) is 18.0. The highest BCUT2D eigenvalue weighted by molar-refractivity contribution is 5.68. The Hall–Kier alpha value is -2.40. The van der Waals surface area contributed by atoms with Crippen molar-refractivity contribution in [2.45, 2.75) is 44.7 Å². The molecule has 0 bridgehead atoms. The van der Waals surface area contributed by atoms with E-state index in [0.29, 0.717) is 11.8 Å². The van der Waals surface area contributed by atoms with Gasteiger partial charge in [0.15, 0.2) is 11.5 Å². The fraction of sp³-hybridized carbons (Fsp3) is 0.429. The SMILES string of the molecule is CCc1cc(OC)c2c3c1Oc1c(ccc(O)c1O)C3CN(C1CC1)C2. The van der Waals surface area contributed by atoms with Crippen molar-refractivity contribution in [1.82, 2.24) is 4.90 Å². The average molecular weight is 353 g/mol. The molecule has 1 unspecified atom stereocenters. The molecule has 1 aliphatic carbocycles. The first-order chi connectivity index (χ1) is 12.6. The monoisotopic (exact) mass is 353 g/mol. The molecule has 26 heavy (non-hydrogen) atoms. The minimum absolute atomic E-state index is 0.116. The van der Waals surface area contributed by atoms with Crippen LogP contribution in [0.25, 0.3) is 0 Å². The smallest absolute Gasteiger partial charge is 0.201 e. The summed E-state index contributed by atoms with van der Waals surface area (Å²) in [6.45, 7) is 3.87. The van der Waals surface area contributed by atoms with Crippen LogP contribution < -0.4 is 9.47 Å². The Bertz CT molecular complexity index is 904. The van der Waals surface area contributed by atoms with Crippen LogP contribution in [0, 0.1) is 0 Å². The number of fused-ring (bicyclic) bond motifs is 2. The maximum absolute atomic E-state index is 10.4. The Labute approximate surface area is 152 Å². The van der Waals surface area contributed by atoms with Crippen molar-refractivity contribution in [2.75, 3.05) is 13.7 Å². The molecule has 2 aromatic rings. The molecule has 2 aliphatic heterocycles. The van der Waals surface area contributed by atoms with E-state index < -0.39 is 0 Å². The van der Waals surface area contributed by atoms with Gasteiger partial charge in [-0.25, -0.2) is 0 Å². The van der Waals surface area contributed by atoms with Crippen LogP contribution >= 0.6 is 0 Å². The number of rotatable bonds is 3. The molecule has 0 aromatic heterocycles. The summed E-state index contributed by atoms with van der Waals surface area (Å²) in [5.41, 5.74) is 4.39. The number of aryl methyl sites for hydroxylation is 1. The van der Waals surface area contributed by atoms with Crippen molar-refractivity contribution in [2.24, 2.45) is 0 Å². The predicted octanol–water partition coefficient (Wildman–Crippen LogP) is 3.88. The van der Waals surface area contributed by atoms with Gasteiger partial charge in [-0.1, -0.05) is 13.0 Å². The molecular formula is C21H23NO4. The Morgan fingerprint density at radius 1 is 1.23 bits per heavy atom. The maximum atomic E-state index is 10.4. The third-order valence-electron chi connectivity index (χ3n) is 5.98. The Morgan fingerprint density at radius 3 is 2.73 bits per heavy atom. The van der Waals surface area contributed by atoms with Crippen molar-refractivity contribution in [3.8, 4) is 28.7 Å². The number of hydrogen-bond donors (Lipinski definition) is 2. The van der Waals surface area contributed by atoms with E-state index in [1.54, 1.807) is 13.2 Å². The van der Waals surface area contributed by atoms with Crippen LogP contribution in [-0.4, -0.2) is 34.8 Å². The van der Waals surface area contributed by atoms with Gasteiger partial charge >= 0.3 is 0 Å². The number of methoxy groups -OCH3 is 1. The number of phenolic OH excluding ortho intramolecular Hbond substituents is 2. The lowest BCUT2D eigenvalue weighted by Gasteiger charge is -2.40. The third-order valence-corrected chi connectivity index (χ3v) is 5.98. The number of ether oxygens (including phenoxy) is 2. The second-order valence-electron chi connectivity index (χ2n) is 7.48. The predicted molar refractivity (Wildman–Crippen MR) is 97.5 cm³/mol. The van der Waals surface area contributed by atoms with E-state index in [-0.39, 0.29) is 17.4 Å². The van der Waals surface area contributed by atoms with E-state index in [1.165, 1.54) is 24.0 Å². The molecule has 3 aliphatic rings. The molecule has 2 heterocycles. The molecule has 1 saturated carbocycles. The van der Waals surface area contributed by atoms with Crippen molar-refractivity contribution in [3.63, 3.8) is 0 Å². The first-order valence-electron chi connectivity index (χ1n) is 9.31. The van der Waals surface area contributed by atoms with Gasteiger partial charge in [-0.3, -0.25) is 4.90 Å². The minimum Gasteiger partial charge on any atom is -0.504 e. The summed E-state index contributed by atoms with van der Waals surface area (Å²) in [5, 5.41) is 20.4. The minimum atomic E-state index is -0.170. The topological polar surface area (TPSA) is 62.2 Å². The van der Waals surface area contributed by atoms with Gasteiger partial charge in [0, 0.05) is 41.7 Å². The lowest BCUT2D eigenvalue weighted by molar-refractivity contribution is 0.217. The van der Waals surface area contributed by atoms with Gasteiger partial charge < -0.3 is 19.7 Å². The molecule has 1 fully saturated rings. The summed E-state index contributed by atoms with van der Waals surface area (Å²) in [6.07, 6.45) is 3.30. The molecule has 136 valence electrons. The Kier molecular flexibility index (Phi) is 3.38. The second-order valence-corrected chi connectivity index (χ2v) is 7.48. The normalized spacial score (nSPS) is 20.9. The van der Waals surface area contributed by atoms with E-state index in [9.17, 15) is 10.2 Å². The van der Waals surface area contributed by atoms with E-state index in [0.717, 1.165) is 42.1 Å². The van der Waals surface area contributed by atoms with E-state index >= 15 is 0 Å². The van der Waals surface area contributed by atoms with Crippen LogP contribution in [0.4, 0.5) is 0 Å². The van der Waals surface area contributed by atoms with Crippen molar-refractivity contribution in [3.05, 3.63) is 40.5 Å². The summed E-state index contributed by atoms with van der Waals surface area (Å²) in [7, 11) is 1.73. The number of hydrogen-bond acceptors (Lipinski definition) is 5. The first kappa shape index (κ1) is 15.8. The van der Waals surface area contributed by atoms with Crippen molar-refractivity contribution in [1.29, 1.82) is 0 Å². The van der Waals surface area contributed by atoms with Crippen LogP contribution in [0.3, 0.4) is 0 Å². The Morgan fingerprint density at radius 2 is 2.04 bits per heavy atom. The molecule has 0 radical (unpaired) electrons. The summed E-state index contributed by atoms with van der Waals surface area (Å²) in [6, 6.07) is 6.13. The number of aromatic hydroxyl groups is 2. The van der Waals surface area contributed by atoms with Crippen molar-refractivity contribution >= 4 is 0 Å². The molecule has 5 rings (SSSR count). The van der Waals surface area contributed by atoms with Gasteiger partial charge in [0.25, 0.3) is 0 Å². The summed E-state index contributed by atoms with van der Waals surface area (Å²) >= 11 is 0. The fourth-order valence-electron chi connectivity index (χ4n) is 4.48. The van der Waals surface area contributed by atoms with Gasteiger partial charge in [0.05, 0.1) is 7.11 Å². The van der Waals surface area contributed by atoms with Crippen LogP contribution in [-0.2, 0) is 13.0 Å². The van der Waals surface area contributed by atoms with Crippen LogP contribution in [0.1, 0.15) is 47.9 Å². The van der Waals surface area contributed by atoms with E-state index in [2.05, 4.69) is 17.9 Å². The highest BCUT2D eigenvalue weighted by atomic mass is 16.5. The van der Waals surface area contributed by atoms with Gasteiger partial charge in [0.1, 0.15) is 11.5 Å². The van der Waals surface area contributed by atoms with Crippen molar-refractivity contribution < 1.29 is 19.7 Å². The molecular weight excluding hydrogens is 330 g/mol. The van der Waals surface area contributed by atoms with Crippen LogP contribution in [0.2, 0.25) is 0 Å². The van der Waals surface area contributed by atoms with Crippen LogP contribution in [0.15, 0.2) is 18.2 Å². The number of phenols is 2. The highest BCUT2D eigenvalue weighted by Gasteiger charge is 2.42. The molecule has 5 heteroatoms. The Balaban J connectivity index is 1.76. The van der Waals surface area contributed by atoms with E-state index in [1.807, 2.05) is 6.07 Å². The quantitative estimate of drug-likeness (QED) is 0.820. The number of nitrogens with zero attached hydrogens (tertiary/aromatic N) is 1. The van der Waals surface area contributed by atoms with Gasteiger partial charge in [-0.2, -0.15) is 0 Å². The molecule has 1 atom stereocenters. The molecule has 0 saturated heterocycles. The summed E-state index contributed by atoms with van der Waals surface area (Å²) in [4.78, 5) is 2.52. The zero-order valence-electron chi connectivity index (χ0n) is 15.1. The summed E-state index contributed by atoms with van der Waals surface area (Å²) in [5.74, 6) is 1.95. The molecule has 0 amide bonds. The molecule has 0 spiro atoms. The van der Waals surface area contributed by atoms with E-state index in [4.69, 9.17) is 9.47 Å². The highest BCUT2D eigenvalue weighted by Crippen LogP contribution is 2.56. The van der Waals surface area contributed by atoms with Gasteiger partial charge in [0.2, 0.25) is 5.75 Å². The maximum Gasteiger partial charge on any atom is 0.201 e. The average Bonchev–Trinajstić information content (AvgIpc) is 3.50. The standard InChI is InChI=1S/C21H23NO4/c1-3-11-8-17(25-2)15-10-22(12-4-5-12)9-14-13-6-7-16(23)19(24)21(13)26-20(11)18(14)15/h6-8,12,14,23-24H,3-5,9-10H2,1-2H3. The largest absolute Gasteiger partial charge is 0.504 e. The molecule has 2 aromatic carbocycles. The number of benzene rings is 2. The summed E-state index contributed by atoms with van der Waals surface area (Å²) < 4.78 is 11.9. The van der Waals surface area contributed by atoms with Crippen LogP contribution in [0.5, 0.6) is 28.7 Å². The zero-order valence-corrected chi connectivity index (χ0v) is 15.1. The molecule has 2 N–H and O–H groups in total. The lowest BCUT2D eigenvalue weighted by Crippen LogP contribution is -2.37. The van der Waals surface area contributed by atoms with Gasteiger partial charge in [-0.15, -0.1) is 0 Å². The second kappa shape index (κ2) is 5.55. The first-order valence-corrected chi connectivity index (χ1v) is 9.31. The fourth-order valence-corrected chi connectivity index (χ4v) is 4.48.